The van der Waals surface area contributed by atoms with E-state index in [-0.39, 0.29) is 10.9 Å². The number of hydrogen-bond acceptors (Lipinski definition) is 3. The third-order valence-electron chi connectivity index (χ3n) is 3.74. The Morgan fingerprint density at radius 3 is 2.84 bits per heavy atom. The van der Waals surface area contributed by atoms with E-state index in [0.717, 1.165) is 19.3 Å². The van der Waals surface area contributed by atoms with Crippen molar-refractivity contribution in [1.29, 1.82) is 0 Å². The fourth-order valence-electron chi connectivity index (χ4n) is 2.60. The van der Waals surface area contributed by atoms with Crippen molar-refractivity contribution in [2.45, 2.75) is 50.2 Å². The average molecular weight is 283 g/mol. The number of aliphatic hydroxyl groups excluding tert-OH is 1. The number of rotatable bonds is 4. The molecule has 0 amide bonds. The molecule has 5 heteroatoms. The highest BCUT2D eigenvalue weighted by Gasteiger charge is 2.34. The van der Waals surface area contributed by atoms with Gasteiger partial charge in [0.2, 0.25) is 10.0 Å². The van der Waals surface area contributed by atoms with Crippen molar-refractivity contribution in [3.63, 3.8) is 0 Å². The van der Waals surface area contributed by atoms with Gasteiger partial charge in [0.25, 0.3) is 0 Å². The smallest absolute Gasteiger partial charge is 0.243 e. The van der Waals surface area contributed by atoms with E-state index in [4.69, 9.17) is 0 Å². The molecule has 0 spiro atoms. The van der Waals surface area contributed by atoms with Crippen LogP contribution in [0.1, 0.15) is 44.8 Å². The third kappa shape index (κ3) is 2.83. The van der Waals surface area contributed by atoms with E-state index in [1.54, 1.807) is 35.5 Å². The summed E-state index contributed by atoms with van der Waals surface area (Å²) >= 11 is 0. The van der Waals surface area contributed by atoms with E-state index >= 15 is 0 Å². The molecule has 1 heterocycles. The minimum atomic E-state index is -3.43. The van der Waals surface area contributed by atoms with Gasteiger partial charge in [0.15, 0.2) is 0 Å². The maximum absolute atomic E-state index is 12.6. The van der Waals surface area contributed by atoms with Crippen molar-refractivity contribution in [1.82, 2.24) is 4.31 Å². The summed E-state index contributed by atoms with van der Waals surface area (Å²) in [7, 11) is -3.43. The number of benzene rings is 1. The normalized spacial score (nSPS) is 22.6. The van der Waals surface area contributed by atoms with Gasteiger partial charge < -0.3 is 5.11 Å². The lowest BCUT2D eigenvalue weighted by molar-refractivity contribution is 0.199. The van der Waals surface area contributed by atoms with Crippen LogP contribution < -0.4 is 0 Å². The summed E-state index contributed by atoms with van der Waals surface area (Å²) in [5.41, 5.74) is 0.633. The molecule has 1 aliphatic rings. The Kier molecular flexibility index (Phi) is 4.28. The summed E-state index contributed by atoms with van der Waals surface area (Å²) in [4.78, 5) is 0.284. The number of aliphatic hydroxyl groups is 1. The van der Waals surface area contributed by atoms with Gasteiger partial charge in [-0.2, -0.15) is 4.31 Å². The van der Waals surface area contributed by atoms with Crippen LogP contribution in [0.5, 0.6) is 0 Å². The molecule has 0 saturated carbocycles. The van der Waals surface area contributed by atoms with Crippen LogP contribution in [0.3, 0.4) is 0 Å². The highest BCUT2D eigenvalue weighted by Crippen LogP contribution is 2.28. The number of sulfonamides is 1. The summed E-state index contributed by atoms with van der Waals surface area (Å²) in [6.45, 7) is 4.25. The van der Waals surface area contributed by atoms with Gasteiger partial charge in [-0.3, -0.25) is 0 Å². The topological polar surface area (TPSA) is 57.6 Å². The molecule has 4 nitrogen and oxygen atoms in total. The molecular weight excluding hydrogens is 262 g/mol. The predicted molar refractivity (Wildman–Crippen MR) is 74.3 cm³/mol. The van der Waals surface area contributed by atoms with Crippen LogP contribution in [0.25, 0.3) is 0 Å². The molecule has 1 fully saturated rings. The maximum atomic E-state index is 12.6. The van der Waals surface area contributed by atoms with Gasteiger partial charge >= 0.3 is 0 Å². The Morgan fingerprint density at radius 2 is 2.21 bits per heavy atom. The Balaban J connectivity index is 2.36. The standard InChI is InChI=1S/C14H21NO3S/c1-3-13-7-5-9-15(13)19(17,18)14-8-4-6-12(10-14)11(2)16/h4,6,8,10-11,13,16H,3,5,7,9H2,1-2H3. The molecule has 0 aliphatic carbocycles. The first-order chi connectivity index (χ1) is 8.96. The third-order valence-corrected chi connectivity index (χ3v) is 5.69. The first kappa shape index (κ1) is 14.5. The summed E-state index contributed by atoms with van der Waals surface area (Å²) in [6, 6.07) is 6.72. The molecule has 1 aromatic rings. The van der Waals surface area contributed by atoms with Crippen LogP contribution in [0.15, 0.2) is 29.2 Å². The zero-order chi connectivity index (χ0) is 14.0. The van der Waals surface area contributed by atoms with Crippen molar-refractivity contribution >= 4 is 10.0 Å². The van der Waals surface area contributed by atoms with Crippen molar-refractivity contribution in [2.75, 3.05) is 6.54 Å². The van der Waals surface area contributed by atoms with Crippen molar-refractivity contribution in [3.05, 3.63) is 29.8 Å². The molecule has 2 atom stereocenters. The van der Waals surface area contributed by atoms with E-state index in [1.165, 1.54) is 0 Å². The van der Waals surface area contributed by atoms with Gasteiger partial charge in [-0.15, -0.1) is 0 Å². The fraction of sp³-hybridized carbons (Fsp3) is 0.571. The molecule has 0 radical (unpaired) electrons. The van der Waals surface area contributed by atoms with E-state index in [9.17, 15) is 13.5 Å². The fourth-order valence-corrected chi connectivity index (χ4v) is 4.43. The summed E-state index contributed by atoms with van der Waals surface area (Å²) in [6.07, 6.45) is 2.05. The summed E-state index contributed by atoms with van der Waals surface area (Å²) < 4.78 is 26.9. The second-order valence-electron chi connectivity index (χ2n) is 5.07. The van der Waals surface area contributed by atoms with E-state index in [1.807, 2.05) is 6.92 Å². The van der Waals surface area contributed by atoms with E-state index in [2.05, 4.69) is 0 Å². The van der Waals surface area contributed by atoms with Crippen LogP contribution in [-0.2, 0) is 10.0 Å². The van der Waals surface area contributed by atoms with E-state index < -0.39 is 16.1 Å². The zero-order valence-electron chi connectivity index (χ0n) is 11.4. The number of nitrogens with zero attached hydrogens (tertiary/aromatic N) is 1. The Bertz CT molecular complexity index is 539. The minimum absolute atomic E-state index is 0.111. The highest BCUT2D eigenvalue weighted by molar-refractivity contribution is 7.89. The van der Waals surface area contributed by atoms with Gasteiger partial charge in [0.05, 0.1) is 11.0 Å². The second kappa shape index (κ2) is 5.61. The molecule has 1 saturated heterocycles. The molecule has 2 rings (SSSR count). The molecule has 1 aromatic carbocycles. The monoisotopic (exact) mass is 283 g/mol. The van der Waals surface area contributed by atoms with Crippen molar-refractivity contribution in [2.24, 2.45) is 0 Å². The molecule has 0 aromatic heterocycles. The second-order valence-corrected chi connectivity index (χ2v) is 6.96. The average Bonchev–Trinajstić information content (AvgIpc) is 2.88. The van der Waals surface area contributed by atoms with Crippen LogP contribution in [0.4, 0.5) is 0 Å². The van der Waals surface area contributed by atoms with Gasteiger partial charge in [0.1, 0.15) is 0 Å². The Morgan fingerprint density at radius 1 is 1.47 bits per heavy atom. The quantitative estimate of drug-likeness (QED) is 0.922. The molecular formula is C14H21NO3S. The minimum Gasteiger partial charge on any atom is -0.389 e. The molecule has 2 unspecified atom stereocenters. The lowest BCUT2D eigenvalue weighted by Gasteiger charge is -2.23. The first-order valence-electron chi connectivity index (χ1n) is 6.76. The SMILES string of the molecule is CCC1CCCN1S(=O)(=O)c1cccc(C(C)O)c1. The Hall–Kier alpha value is -0.910. The lowest BCUT2D eigenvalue weighted by atomic mass is 10.1. The molecule has 0 bridgehead atoms. The van der Waals surface area contributed by atoms with Crippen LogP contribution in [0.2, 0.25) is 0 Å². The maximum Gasteiger partial charge on any atom is 0.243 e. The number of hydrogen-bond donors (Lipinski definition) is 1. The van der Waals surface area contributed by atoms with Crippen LogP contribution >= 0.6 is 0 Å². The van der Waals surface area contributed by atoms with Crippen molar-refractivity contribution < 1.29 is 13.5 Å². The lowest BCUT2D eigenvalue weighted by Crippen LogP contribution is -2.35. The van der Waals surface area contributed by atoms with E-state index in [0.29, 0.717) is 12.1 Å². The van der Waals surface area contributed by atoms with Crippen molar-refractivity contribution in [3.8, 4) is 0 Å². The van der Waals surface area contributed by atoms with Gasteiger partial charge in [-0.25, -0.2) is 8.42 Å². The van der Waals surface area contributed by atoms with Crippen LogP contribution in [-0.4, -0.2) is 30.4 Å². The molecule has 1 N–H and O–H groups in total. The molecule has 19 heavy (non-hydrogen) atoms. The largest absolute Gasteiger partial charge is 0.389 e. The van der Waals surface area contributed by atoms with Gasteiger partial charge in [0, 0.05) is 12.6 Å². The summed E-state index contributed by atoms with van der Waals surface area (Å²) in [5, 5.41) is 9.57. The predicted octanol–water partition coefficient (Wildman–Crippen LogP) is 2.30. The van der Waals surface area contributed by atoms with Crippen LogP contribution in [0, 0.1) is 0 Å². The highest BCUT2D eigenvalue weighted by atomic mass is 32.2. The first-order valence-corrected chi connectivity index (χ1v) is 8.20. The Labute approximate surface area is 115 Å². The van der Waals surface area contributed by atoms with Gasteiger partial charge in [-0.1, -0.05) is 19.1 Å². The zero-order valence-corrected chi connectivity index (χ0v) is 12.2. The molecule has 106 valence electrons. The molecule has 1 aliphatic heterocycles. The summed E-state index contributed by atoms with van der Waals surface area (Å²) in [5.74, 6) is 0. The van der Waals surface area contributed by atoms with Gasteiger partial charge in [-0.05, 0) is 43.9 Å².